The Bertz CT molecular complexity index is 334. The highest BCUT2D eigenvalue weighted by molar-refractivity contribution is 5.28. The van der Waals surface area contributed by atoms with Gasteiger partial charge in [0.05, 0.1) is 0 Å². The predicted octanol–water partition coefficient (Wildman–Crippen LogP) is 4.12. The first-order valence-corrected chi connectivity index (χ1v) is 7.25. The van der Waals surface area contributed by atoms with Gasteiger partial charge in [-0.1, -0.05) is 50.1 Å². The summed E-state index contributed by atoms with van der Waals surface area (Å²) in [5, 5.41) is 3.54. The summed E-state index contributed by atoms with van der Waals surface area (Å²) < 4.78 is 0. The quantitative estimate of drug-likeness (QED) is 0.764. The average Bonchev–Trinajstić information content (AvgIpc) is 2.24. The lowest BCUT2D eigenvalue weighted by Gasteiger charge is -2.14. The van der Waals surface area contributed by atoms with Gasteiger partial charge in [0.15, 0.2) is 0 Å². The highest BCUT2D eigenvalue weighted by Crippen LogP contribution is 2.13. The van der Waals surface area contributed by atoms with E-state index in [2.05, 4.69) is 58.1 Å². The molecule has 0 radical (unpaired) electrons. The molecular weight excluding hydrogens is 218 g/mol. The largest absolute Gasteiger partial charge is 0.316 e. The van der Waals surface area contributed by atoms with Crippen molar-refractivity contribution in [2.24, 2.45) is 11.8 Å². The third-order valence-electron chi connectivity index (χ3n) is 3.25. The first-order chi connectivity index (χ1) is 8.47. The SMILES string of the molecule is Cc1cc(C)cc(CCC(C)CNCC(C)C)c1. The number of rotatable bonds is 7. The second-order valence-electron chi connectivity index (χ2n) is 6.19. The van der Waals surface area contributed by atoms with Crippen molar-refractivity contribution in [1.82, 2.24) is 5.32 Å². The Morgan fingerprint density at radius 1 is 0.944 bits per heavy atom. The molecule has 1 N–H and O–H groups in total. The first kappa shape index (κ1) is 15.2. The van der Waals surface area contributed by atoms with Crippen molar-refractivity contribution in [3.8, 4) is 0 Å². The predicted molar refractivity (Wildman–Crippen MR) is 81.1 cm³/mol. The van der Waals surface area contributed by atoms with E-state index in [1.54, 1.807) is 0 Å². The van der Waals surface area contributed by atoms with Gasteiger partial charge in [0.1, 0.15) is 0 Å². The van der Waals surface area contributed by atoms with E-state index in [9.17, 15) is 0 Å². The van der Waals surface area contributed by atoms with Crippen LogP contribution in [0.1, 0.15) is 43.9 Å². The van der Waals surface area contributed by atoms with Gasteiger partial charge in [-0.25, -0.2) is 0 Å². The standard InChI is InChI=1S/C17H29N/c1-13(2)11-18-12-14(3)6-7-17-9-15(4)8-16(5)10-17/h8-10,13-14,18H,6-7,11-12H2,1-5H3. The minimum absolute atomic E-state index is 0.747. The fourth-order valence-corrected chi connectivity index (χ4v) is 2.35. The lowest BCUT2D eigenvalue weighted by atomic mass is 9.98. The van der Waals surface area contributed by atoms with Gasteiger partial charge in [-0.15, -0.1) is 0 Å². The molecule has 1 nitrogen and oxygen atoms in total. The topological polar surface area (TPSA) is 12.0 Å². The molecule has 102 valence electrons. The van der Waals surface area contributed by atoms with Crippen LogP contribution in [0.5, 0.6) is 0 Å². The third kappa shape index (κ3) is 6.20. The smallest absolute Gasteiger partial charge is 0.00229 e. The van der Waals surface area contributed by atoms with Gasteiger partial charge < -0.3 is 5.32 Å². The van der Waals surface area contributed by atoms with E-state index in [0.717, 1.165) is 24.9 Å². The van der Waals surface area contributed by atoms with Crippen LogP contribution < -0.4 is 5.32 Å². The molecule has 0 aliphatic heterocycles. The fraction of sp³-hybridized carbons (Fsp3) is 0.647. The van der Waals surface area contributed by atoms with Gasteiger partial charge in [0.2, 0.25) is 0 Å². The molecular formula is C17H29N. The van der Waals surface area contributed by atoms with Gasteiger partial charge in [-0.2, -0.15) is 0 Å². The van der Waals surface area contributed by atoms with Crippen LogP contribution in [-0.2, 0) is 6.42 Å². The number of hydrogen-bond acceptors (Lipinski definition) is 1. The number of nitrogens with one attached hydrogen (secondary N) is 1. The highest BCUT2D eigenvalue weighted by Gasteiger charge is 2.04. The maximum atomic E-state index is 3.54. The van der Waals surface area contributed by atoms with Gasteiger partial charge in [0.25, 0.3) is 0 Å². The zero-order valence-corrected chi connectivity index (χ0v) is 12.7. The van der Waals surface area contributed by atoms with Crippen molar-refractivity contribution < 1.29 is 0 Å². The Balaban J connectivity index is 2.31. The summed E-state index contributed by atoms with van der Waals surface area (Å²) in [4.78, 5) is 0. The van der Waals surface area contributed by atoms with Crippen LogP contribution in [0.15, 0.2) is 18.2 Å². The Morgan fingerprint density at radius 3 is 2.11 bits per heavy atom. The average molecular weight is 247 g/mol. The maximum Gasteiger partial charge on any atom is -0.00229 e. The normalized spacial score (nSPS) is 13.0. The van der Waals surface area contributed by atoms with E-state index in [0.29, 0.717) is 0 Å². The summed E-state index contributed by atoms with van der Waals surface area (Å²) in [5.41, 5.74) is 4.26. The molecule has 1 atom stereocenters. The molecule has 1 aromatic carbocycles. The van der Waals surface area contributed by atoms with Gasteiger partial charge in [-0.3, -0.25) is 0 Å². The molecule has 0 saturated heterocycles. The van der Waals surface area contributed by atoms with Crippen LogP contribution >= 0.6 is 0 Å². The van der Waals surface area contributed by atoms with Gasteiger partial charge in [-0.05, 0) is 57.2 Å². The van der Waals surface area contributed by atoms with Crippen molar-refractivity contribution >= 4 is 0 Å². The van der Waals surface area contributed by atoms with Crippen LogP contribution in [0.2, 0.25) is 0 Å². The summed E-state index contributed by atoms with van der Waals surface area (Å²) >= 11 is 0. The van der Waals surface area contributed by atoms with Crippen molar-refractivity contribution in [1.29, 1.82) is 0 Å². The minimum Gasteiger partial charge on any atom is -0.316 e. The summed E-state index contributed by atoms with van der Waals surface area (Å²) in [6, 6.07) is 6.89. The number of hydrogen-bond donors (Lipinski definition) is 1. The van der Waals surface area contributed by atoms with Crippen LogP contribution in [0, 0.1) is 25.7 Å². The Morgan fingerprint density at radius 2 is 1.56 bits per heavy atom. The van der Waals surface area contributed by atoms with E-state index in [-0.39, 0.29) is 0 Å². The third-order valence-corrected chi connectivity index (χ3v) is 3.25. The molecule has 0 aromatic heterocycles. The monoisotopic (exact) mass is 247 g/mol. The van der Waals surface area contributed by atoms with E-state index in [4.69, 9.17) is 0 Å². The maximum absolute atomic E-state index is 3.54. The molecule has 18 heavy (non-hydrogen) atoms. The molecule has 1 aromatic rings. The zero-order valence-electron chi connectivity index (χ0n) is 12.7. The van der Waals surface area contributed by atoms with E-state index in [1.807, 2.05) is 0 Å². The molecule has 0 aliphatic rings. The lowest BCUT2D eigenvalue weighted by molar-refractivity contribution is 0.454. The van der Waals surface area contributed by atoms with Gasteiger partial charge >= 0.3 is 0 Å². The number of benzene rings is 1. The molecule has 0 fully saturated rings. The second kappa shape index (κ2) is 7.58. The summed E-state index contributed by atoms with van der Waals surface area (Å²) in [7, 11) is 0. The molecule has 0 bridgehead atoms. The molecule has 0 amide bonds. The number of aryl methyl sites for hydroxylation is 3. The van der Waals surface area contributed by atoms with Gasteiger partial charge in [0, 0.05) is 0 Å². The van der Waals surface area contributed by atoms with Crippen LogP contribution in [-0.4, -0.2) is 13.1 Å². The fourth-order valence-electron chi connectivity index (χ4n) is 2.35. The molecule has 0 heterocycles. The molecule has 1 heteroatoms. The van der Waals surface area contributed by atoms with E-state index >= 15 is 0 Å². The summed E-state index contributed by atoms with van der Waals surface area (Å²) in [6.45, 7) is 13.5. The first-order valence-electron chi connectivity index (χ1n) is 7.25. The Kier molecular flexibility index (Phi) is 6.42. The Labute approximate surface area is 113 Å². The van der Waals surface area contributed by atoms with Crippen molar-refractivity contribution in [3.63, 3.8) is 0 Å². The molecule has 0 spiro atoms. The molecule has 1 rings (SSSR count). The summed E-state index contributed by atoms with van der Waals surface area (Å²) in [6.07, 6.45) is 2.47. The zero-order chi connectivity index (χ0) is 13.5. The molecule has 1 unspecified atom stereocenters. The van der Waals surface area contributed by atoms with Crippen LogP contribution in [0.3, 0.4) is 0 Å². The van der Waals surface area contributed by atoms with Crippen molar-refractivity contribution in [3.05, 3.63) is 34.9 Å². The lowest BCUT2D eigenvalue weighted by Crippen LogP contribution is -2.25. The van der Waals surface area contributed by atoms with Crippen LogP contribution in [0.25, 0.3) is 0 Å². The minimum atomic E-state index is 0.747. The Hall–Kier alpha value is -0.820. The van der Waals surface area contributed by atoms with E-state index < -0.39 is 0 Å². The molecule has 0 saturated carbocycles. The van der Waals surface area contributed by atoms with Crippen molar-refractivity contribution in [2.75, 3.05) is 13.1 Å². The second-order valence-corrected chi connectivity index (χ2v) is 6.19. The van der Waals surface area contributed by atoms with Crippen molar-refractivity contribution in [2.45, 2.75) is 47.5 Å². The highest BCUT2D eigenvalue weighted by atomic mass is 14.9. The van der Waals surface area contributed by atoms with E-state index in [1.165, 1.54) is 29.5 Å². The molecule has 0 aliphatic carbocycles. The van der Waals surface area contributed by atoms with Crippen LogP contribution in [0.4, 0.5) is 0 Å². The summed E-state index contributed by atoms with van der Waals surface area (Å²) in [5.74, 6) is 1.50.